The number of hydrogen-bond donors (Lipinski definition) is 4. The van der Waals surface area contributed by atoms with Crippen LogP contribution in [0.1, 0.15) is 10.4 Å². The van der Waals surface area contributed by atoms with Crippen molar-refractivity contribution in [3.63, 3.8) is 0 Å². The van der Waals surface area contributed by atoms with Crippen molar-refractivity contribution in [1.29, 1.82) is 0 Å². The van der Waals surface area contributed by atoms with Gasteiger partial charge in [0.1, 0.15) is 0 Å². The summed E-state index contributed by atoms with van der Waals surface area (Å²) in [4.78, 5) is 25.4. The second-order valence-electron chi connectivity index (χ2n) is 4.49. The number of benzene rings is 1. The van der Waals surface area contributed by atoms with Gasteiger partial charge in [-0.05, 0) is 12.1 Å². The molecule has 1 fully saturated rings. The highest BCUT2D eigenvalue weighted by Gasteiger charge is 2.18. The van der Waals surface area contributed by atoms with Crippen LogP contribution in [-0.4, -0.2) is 59.7 Å². The number of nitrogens with zero attached hydrogens (tertiary/aromatic N) is 1. The Morgan fingerprint density at radius 3 is 2.65 bits per heavy atom. The van der Waals surface area contributed by atoms with E-state index in [0.717, 1.165) is 13.1 Å². The Balaban J connectivity index is 1.91. The van der Waals surface area contributed by atoms with E-state index in [1.807, 2.05) is 0 Å². The first kappa shape index (κ1) is 14.1. The molecule has 1 saturated heterocycles. The largest absolute Gasteiger partial charge is 0.504 e. The summed E-state index contributed by atoms with van der Waals surface area (Å²) in [5, 5.41) is 24.5. The van der Waals surface area contributed by atoms with Crippen LogP contribution in [0.4, 0.5) is 0 Å². The molecule has 1 aliphatic rings. The number of aromatic hydroxyl groups is 2. The molecule has 108 valence electrons. The van der Waals surface area contributed by atoms with Gasteiger partial charge in [0.05, 0.1) is 12.1 Å². The molecule has 4 N–H and O–H groups in total. The van der Waals surface area contributed by atoms with E-state index in [1.165, 1.54) is 18.2 Å². The Morgan fingerprint density at radius 2 is 1.95 bits per heavy atom. The molecule has 0 aromatic heterocycles. The second kappa shape index (κ2) is 6.25. The highest BCUT2D eigenvalue weighted by molar-refractivity contribution is 5.99. The highest BCUT2D eigenvalue weighted by atomic mass is 16.3. The molecule has 2 rings (SSSR count). The van der Waals surface area contributed by atoms with Crippen LogP contribution in [0.3, 0.4) is 0 Å². The Morgan fingerprint density at radius 1 is 1.25 bits per heavy atom. The first-order valence-electron chi connectivity index (χ1n) is 6.37. The fourth-order valence-corrected chi connectivity index (χ4v) is 1.99. The number of carbonyl (C=O) groups is 2. The minimum absolute atomic E-state index is 0.0573. The number of nitrogens with one attached hydrogen (secondary N) is 2. The fourth-order valence-electron chi connectivity index (χ4n) is 1.99. The fraction of sp³-hybridized carbons (Fsp3) is 0.385. The second-order valence-corrected chi connectivity index (χ2v) is 4.49. The Bertz CT molecular complexity index is 512. The van der Waals surface area contributed by atoms with Gasteiger partial charge in [0, 0.05) is 26.2 Å². The summed E-state index contributed by atoms with van der Waals surface area (Å²) in [7, 11) is 0. The number of para-hydroxylation sites is 1. The third kappa shape index (κ3) is 3.18. The average Bonchev–Trinajstić information content (AvgIpc) is 2.48. The van der Waals surface area contributed by atoms with Gasteiger partial charge in [0.15, 0.2) is 11.5 Å². The molecule has 0 saturated carbocycles. The van der Waals surface area contributed by atoms with Crippen molar-refractivity contribution >= 4 is 11.8 Å². The average molecular weight is 279 g/mol. The Kier molecular flexibility index (Phi) is 4.41. The maximum Gasteiger partial charge on any atom is 0.255 e. The molecule has 1 aromatic rings. The number of phenols is 2. The van der Waals surface area contributed by atoms with Crippen LogP contribution < -0.4 is 10.6 Å². The summed E-state index contributed by atoms with van der Waals surface area (Å²) in [6.07, 6.45) is 0. The van der Waals surface area contributed by atoms with E-state index in [2.05, 4.69) is 10.6 Å². The van der Waals surface area contributed by atoms with E-state index in [1.54, 1.807) is 4.90 Å². The molecule has 1 aromatic carbocycles. The Hall–Kier alpha value is -2.28. The monoisotopic (exact) mass is 279 g/mol. The molecular weight excluding hydrogens is 262 g/mol. The van der Waals surface area contributed by atoms with Crippen LogP contribution in [0.15, 0.2) is 18.2 Å². The number of hydrogen-bond acceptors (Lipinski definition) is 5. The molecular formula is C13H17N3O4. The number of piperazine rings is 1. The van der Waals surface area contributed by atoms with Crippen molar-refractivity contribution in [3.05, 3.63) is 23.8 Å². The van der Waals surface area contributed by atoms with E-state index >= 15 is 0 Å². The normalized spacial score (nSPS) is 14.9. The lowest BCUT2D eigenvalue weighted by Crippen LogP contribution is -2.49. The molecule has 0 bridgehead atoms. The quantitative estimate of drug-likeness (QED) is 0.546. The first-order chi connectivity index (χ1) is 9.59. The molecule has 0 radical (unpaired) electrons. The summed E-state index contributed by atoms with van der Waals surface area (Å²) >= 11 is 0. The lowest BCUT2D eigenvalue weighted by Gasteiger charge is -2.27. The lowest BCUT2D eigenvalue weighted by atomic mass is 10.1. The first-order valence-corrected chi connectivity index (χ1v) is 6.37. The molecule has 0 aliphatic carbocycles. The van der Waals surface area contributed by atoms with Crippen LogP contribution in [0.25, 0.3) is 0 Å². The molecule has 1 heterocycles. The van der Waals surface area contributed by atoms with Crippen LogP contribution in [0.5, 0.6) is 11.5 Å². The maximum absolute atomic E-state index is 11.9. The predicted molar refractivity (Wildman–Crippen MR) is 71.6 cm³/mol. The van der Waals surface area contributed by atoms with Crippen molar-refractivity contribution < 1.29 is 19.8 Å². The SMILES string of the molecule is O=C(NCC(=O)N1CCNCC1)c1cccc(O)c1O. The number of carbonyl (C=O) groups excluding carboxylic acids is 2. The molecule has 2 amide bonds. The summed E-state index contributed by atoms with van der Waals surface area (Å²) in [5.41, 5.74) is -0.0573. The summed E-state index contributed by atoms with van der Waals surface area (Å²) < 4.78 is 0. The van der Waals surface area contributed by atoms with E-state index in [4.69, 9.17) is 0 Å². The smallest absolute Gasteiger partial charge is 0.255 e. The summed E-state index contributed by atoms with van der Waals surface area (Å²) in [6.45, 7) is 2.59. The Labute approximate surface area is 116 Å². The number of phenolic OH excluding ortho intramolecular Hbond substituents is 2. The molecule has 0 atom stereocenters. The molecule has 1 aliphatic heterocycles. The van der Waals surface area contributed by atoms with Crippen LogP contribution in [-0.2, 0) is 4.79 Å². The predicted octanol–water partition coefficient (Wildman–Crippen LogP) is -0.741. The van der Waals surface area contributed by atoms with Crippen LogP contribution in [0, 0.1) is 0 Å². The zero-order valence-electron chi connectivity index (χ0n) is 10.9. The van der Waals surface area contributed by atoms with Crippen molar-refractivity contribution in [1.82, 2.24) is 15.5 Å². The lowest BCUT2D eigenvalue weighted by molar-refractivity contribution is -0.130. The molecule has 20 heavy (non-hydrogen) atoms. The third-order valence-electron chi connectivity index (χ3n) is 3.13. The van der Waals surface area contributed by atoms with Gasteiger partial charge >= 0.3 is 0 Å². The van der Waals surface area contributed by atoms with E-state index in [9.17, 15) is 19.8 Å². The van der Waals surface area contributed by atoms with E-state index in [0.29, 0.717) is 13.1 Å². The van der Waals surface area contributed by atoms with Gasteiger partial charge in [-0.3, -0.25) is 9.59 Å². The standard InChI is InChI=1S/C13H17N3O4/c17-10-3-1-2-9(12(10)19)13(20)15-8-11(18)16-6-4-14-5-7-16/h1-3,14,17,19H,4-8H2,(H,15,20). The maximum atomic E-state index is 11.9. The van der Waals surface area contributed by atoms with Gasteiger partial charge in [-0.1, -0.05) is 6.07 Å². The van der Waals surface area contributed by atoms with Gasteiger partial charge in [-0.15, -0.1) is 0 Å². The van der Waals surface area contributed by atoms with E-state index in [-0.39, 0.29) is 23.8 Å². The number of rotatable bonds is 3. The highest BCUT2D eigenvalue weighted by Crippen LogP contribution is 2.27. The topological polar surface area (TPSA) is 102 Å². The van der Waals surface area contributed by atoms with Gasteiger partial charge in [0.2, 0.25) is 5.91 Å². The summed E-state index contributed by atoms with van der Waals surface area (Å²) in [5.74, 6) is -1.62. The minimum Gasteiger partial charge on any atom is -0.504 e. The van der Waals surface area contributed by atoms with Gasteiger partial charge < -0.3 is 25.7 Å². The zero-order chi connectivity index (χ0) is 14.5. The minimum atomic E-state index is -0.595. The van der Waals surface area contributed by atoms with Crippen LogP contribution >= 0.6 is 0 Å². The van der Waals surface area contributed by atoms with Gasteiger partial charge in [-0.25, -0.2) is 0 Å². The summed E-state index contributed by atoms with van der Waals surface area (Å²) in [6, 6.07) is 4.10. The molecule has 7 nitrogen and oxygen atoms in total. The van der Waals surface area contributed by atoms with E-state index < -0.39 is 11.7 Å². The third-order valence-corrected chi connectivity index (χ3v) is 3.13. The molecule has 0 unspecified atom stereocenters. The zero-order valence-corrected chi connectivity index (χ0v) is 10.9. The van der Waals surface area contributed by atoms with Crippen molar-refractivity contribution in [2.45, 2.75) is 0 Å². The van der Waals surface area contributed by atoms with Crippen LogP contribution in [0.2, 0.25) is 0 Å². The molecule has 7 heteroatoms. The van der Waals surface area contributed by atoms with Crippen molar-refractivity contribution in [2.24, 2.45) is 0 Å². The van der Waals surface area contributed by atoms with Crippen molar-refractivity contribution in [2.75, 3.05) is 32.7 Å². The molecule has 0 spiro atoms. The van der Waals surface area contributed by atoms with Crippen molar-refractivity contribution in [3.8, 4) is 11.5 Å². The number of amides is 2. The van der Waals surface area contributed by atoms with Gasteiger partial charge in [-0.2, -0.15) is 0 Å². The van der Waals surface area contributed by atoms with Gasteiger partial charge in [0.25, 0.3) is 5.91 Å².